The Kier molecular flexibility index (Phi) is 6.42. The molecule has 0 aromatic heterocycles. The van der Waals surface area contributed by atoms with E-state index in [0.717, 1.165) is 0 Å². The lowest BCUT2D eigenvalue weighted by Crippen LogP contribution is -1.98. The fraction of sp³-hybridized carbons (Fsp3) is 0.455. The fourth-order valence-corrected chi connectivity index (χ4v) is 0.771. The molecule has 0 radical (unpaired) electrons. The molecular formula is C11H16F2O2. The Hall–Kier alpha value is -1.32. The second-order valence-corrected chi connectivity index (χ2v) is 2.76. The summed E-state index contributed by atoms with van der Waals surface area (Å²) < 4.78 is 36.0. The Labute approximate surface area is 88.9 Å². The molecule has 0 aromatic rings. The molecule has 0 fully saturated rings. The number of ether oxygens (including phenoxy) is 2. The van der Waals surface area contributed by atoms with Crippen LogP contribution < -0.4 is 0 Å². The summed E-state index contributed by atoms with van der Waals surface area (Å²) >= 11 is 0. The van der Waals surface area contributed by atoms with Gasteiger partial charge in [-0.1, -0.05) is 20.1 Å². The Morgan fingerprint density at radius 1 is 1.00 bits per heavy atom. The SMILES string of the molecule is C=C(OCC)/C(F)=C(/F)C(=C)OCCC. The minimum atomic E-state index is -1.17. The van der Waals surface area contributed by atoms with Crippen molar-refractivity contribution in [3.63, 3.8) is 0 Å². The summed E-state index contributed by atoms with van der Waals surface area (Å²) in [6.45, 7) is 10.5. The summed E-state index contributed by atoms with van der Waals surface area (Å²) in [5, 5.41) is 0. The van der Waals surface area contributed by atoms with E-state index in [2.05, 4.69) is 13.2 Å². The van der Waals surface area contributed by atoms with Crippen molar-refractivity contribution in [1.29, 1.82) is 0 Å². The molecule has 0 bridgehead atoms. The van der Waals surface area contributed by atoms with E-state index in [1.807, 2.05) is 6.92 Å². The summed E-state index contributed by atoms with van der Waals surface area (Å²) in [4.78, 5) is 0. The van der Waals surface area contributed by atoms with E-state index in [9.17, 15) is 8.78 Å². The summed E-state index contributed by atoms with van der Waals surface area (Å²) in [6, 6.07) is 0. The highest BCUT2D eigenvalue weighted by atomic mass is 19.2. The number of allylic oxidation sites excluding steroid dienone is 2. The number of hydrogen-bond acceptors (Lipinski definition) is 2. The number of rotatable bonds is 7. The molecule has 0 rings (SSSR count). The summed E-state index contributed by atoms with van der Waals surface area (Å²) in [7, 11) is 0. The minimum absolute atomic E-state index is 0.224. The van der Waals surface area contributed by atoms with Crippen molar-refractivity contribution in [3.05, 3.63) is 36.3 Å². The van der Waals surface area contributed by atoms with Crippen LogP contribution in [0.1, 0.15) is 20.3 Å². The van der Waals surface area contributed by atoms with Gasteiger partial charge in [-0.15, -0.1) is 0 Å². The first-order valence-corrected chi connectivity index (χ1v) is 4.73. The molecule has 15 heavy (non-hydrogen) atoms. The van der Waals surface area contributed by atoms with Crippen LogP contribution in [0.3, 0.4) is 0 Å². The molecule has 4 heteroatoms. The highest BCUT2D eigenvalue weighted by Gasteiger charge is 2.14. The minimum Gasteiger partial charge on any atom is -0.491 e. The monoisotopic (exact) mass is 218 g/mol. The van der Waals surface area contributed by atoms with E-state index in [1.165, 1.54) is 0 Å². The highest BCUT2D eigenvalue weighted by Crippen LogP contribution is 2.23. The second kappa shape index (κ2) is 7.04. The average Bonchev–Trinajstić information content (AvgIpc) is 2.24. The zero-order chi connectivity index (χ0) is 11.8. The van der Waals surface area contributed by atoms with Crippen molar-refractivity contribution in [2.45, 2.75) is 20.3 Å². The molecule has 0 saturated carbocycles. The van der Waals surface area contributed by atoms with Crippen molar-refractivity contribution in [3.8, 4) is 0 Å². The Morgan fingerprint density at radius 3 is 1.87 bits per heavy atom. The van der Waals surface area contributed by atoms with Gasteiger partial charge in [0, 0.05) is 0 Å². The third kappa shape index (κ3) is 4.63. The van der Waals surface area contributed by atoms with E-state index >= 15 is 0 Å². The Balaban J connectivity index is 4.48. The van der Waals surface area contributed by atoms with Crippen LogP contribution in [0.15, 0.2) is 36.3 Å². The molecular weight excluding hydrogens is 202 g/mol. The average molecular weight is 218 g/mol. The maximum absolute atomic E-state index is 13.2. The molecule has 0 saturated heterocycles. The van der Waals surface area contributed by atoms with Crippen molar-refractivity contribution < 1.29 is 18.3 Å². The van der Waals surface area contributed by atoms with E-state index in [-0.39, 0.29) is 18.1 Å². The lowest BCUT2D eigenvalue weighted by molar-refractivity contribution is 0.199. The maximum Gasteiger partial charge on any atom is 0.203 e. The van der Waals surface area contributed by atoms with Gasteiger partial charge in [-0.05, 0) is 13.3 Å². The van der Waals surface area contributed by atoms with E-state index in [4.69, 9.17) is 9.47 Å². The quantitative estimate of drug-likeness (QED) is 0.480. The molecule has 0 aliphatic heterocycles. The summed E-state index contributed by atoms with van der Waals surface area (Å²) in [5.74, 6) is -3.02. The van der Waals surface area contributed by atoms with E-state index in [0.29, 0.717) is 13.0 Å². The van der Waals surface area contributed by atoms with Gasteiger partial charge in [0.1, 0.15) is 0 Å². The molecule has 0 spiro atoms. The first-order chi connectivity index (χ1) is 7.04. The van der Waals surface area contributed by atoms with Crippen LogP contribution in [0.2, 0.25) is 0 Å². The largest absolute Gasteiger partial charge is 0.491 e. The van der Waals surface area contributed by atoms with Gasteiger partial charge in [-0.25, -0.2) is 0 Å². The molecule has 0 aromatic carbocycles. The fourth-order valence-electron chi connectivity index (χ4n) is 0.771. The van der Waals surface area contributed by atoms with Gasteiger partial charge >= 0.3 is 0 Å². The maximum atomic E-state index is 13.2. The van der Waals surface area contributed by atoms with Gasteiger partial charge in [0.15, 0.2) is 11.5 Å². The molecule has 0 atom stereocenters. The molecule has 0 unspecified atom stereocenters. The Bertz CT molecular complexity index is 270. The predicted molar refractivity (Wildman–Crippen MR) is 55.4 cm³/mol. The number of halogens is 2. The normalized spacial score (nSPS) is 11.7. The Morgan fingerprint density at radius 2 is 1.47 bits per heavy atom. The first kappa shape index (κ1) is 13.7. The molecule has 0 N–H and O–H groups in total. The zero-order valence-corrected chi connectivity index (χ0v) is 9.11. The summed E-state index contributed by atoms with van der Waals surface area (Å²) in [5.41, 5.74) is 0. The van der Waals surface area contributed by atoms with Crippen molar-refractivity contribution in [1.82, 2.24) is 0 Å². The smallest absolute Gasteiger partial charge is 0.203 e. The van der Waals surface area contributed by atoms with Crippen molar-refractivity contribution in [2.24, 2.45) is 0 Å². The van der Waals surface area contributed by atoms with Gasteiger partial charge in [0.2, 0.25) is 11.7 Å². The van der Waals surface area contributed by atoms with Crippen LogP contribution in [0.5, 0.6) is 0 Å². The van der Waals surface area contributed by atoms with Crippen LogP contribution in [0.4, 0.5) is 8.78 Å². The first-order valence-electron chi connectivity index (χ1n) is 4.73. The lowest BCUT2D eigenvalue weighted by Gasteiger charge is -2.08. The highest BCUT2D eigenvalue weighted by molar-refractivity contribution is 5.29. The molecule has 86 valence electrons. The lowest BCUT2D eigenvalue weighted by atomic mass is 10.3. The van der Waals surface area contributed by atoms with Gasteiger partial charge in [0.25, 0.3) is 0 Å². The van der Waals surface area contributed by atoms with Gasteiger partial charge in [-0.3, -0.25) is 0 Å². The predicted octanol–water partition coefficient (Wildman–Crippen LogP) is 3.63. The zero-order valence-electron chi connectivity index (χ0n) is 9.11. The molecule has 0 aliphatic carbocycles. The topological polar surface area (TPSA) is 18.5 Å². The molecule has 0 aliphatic rings. The van der Waals surface area contributed by atoms with E-state index < -0.39 is 11.7 Å². The number of hydrogen-bond donors (Lipinski definition) is 0. The molecule has 2 nitrogen and oxygen atoms in total. The van der Waals surface area contributed by atoms with Crippen LogP contribution in [-0.2, 0) is 9.47 Å². The van der Waals surface area contributed by atoms with Gasteiger partial charge < -0.3 is 9.47 Å². The van der Waals surface area contributed by atoms with Gasteiger partial charge in [-0.2, -0.15) is 8.78 Å². The van der Waals surface area contributed by atoms with Crippen LogP contribution in [0.25, 0.3) is 0 Å². The van der Waals surface area contributed by atoms with Crippen molar-refractivity contribution >= 4 is 0 Å². The molecule has 0 heterocycles. The molecule has 0 amide bonds. The third-order valence-corrected chi connectivity index (χ3v) is 1.48. The van der Waals surface area contributed by atoms with Crippen LogP contribution in [-0.4, -0.2) is 13.2 Å². The van der Waals surface area contributed by atoms with Crippen LogP contribution >= 0.6 is 0 Å². The van der Waals surface area contributed by atoms with Gasteiger partial charge in [0.05, 0.1) is 13.2 Å². The van der Waals surface area contributed by atoms with E-state index in [1.54, 1.807) is 6.92 Å². The van der Waals surface area contributed by atoms with Crippen LogP contribution in [0, 0.1) is 0 Å². The summed E-state index contributed by atoms with van der Waals surface area (Å²) in [6.07, 6.45) is 0.695. The standard InChI is InChI=1S/C11H16F2O2/c1-5-7-15-9(4)11(13)10(12)8(3)14-6-2/h3-7H2,1-2H3/b11-10-. The second-order valence-electron chi connectivity index (χ2n) is 2.76. The third-order valence-electron chi connectivity index (χ3n) is 1.48. The van der Waals surface area contributed by atoms with Crippen molar-refractivity contribution in [2.75, 3.05) is 13.2 Å².